The molecule has 1 aliphatic rings. The Labute approximate surface area is 89.1 Å². The second-order valence-corrected chi connectivity index (χ2v) is 5.31. The van der Waals surface area contributed by atoms with Crippen molar-refractivity contribution in [3.05, 3.63) is 0 Å². The van der Waals surface area contributed by atoms with Crippen LogP contribution in [-0.2, 0) is 0 Å². The van der Waals surface area contributed by atoms with Gasteiger partial charge in [0.1, 0.15) is 0 Å². The molecule has 2 nitrogen and oxygen atoms in total. The van der Waals surface area contributed by atoms with Crippen LogP contribution in [0.5, 0.6) is 0 Å². The average Bonchev–Trinajstić information content (AvgIpc) is 2.17. The highest BCUT2D eigenvalue weighted by Crippen LogP contribution is 2.21. The van der Waals surface area contributed by atoms with E-state index >= 15 is 0 Å². The Kier molecular flexibility index (Phi) is 4.39. The van der Waals surface area contributed by atoms with E-state index in [1.165, 1.54) is 32.5 Å². The van der Waals surface area contributed by atoms with Gasteiger partial charge in [-0.15, -0.1) is 0 Å². The number of nitrogens with one attached hydrogen (secondary N) is 1. The summed E-state index contributed by atoms with van der Waals surface area (Å²) in [5.74, 6) is 0. The second kappa shape index (κ2) is 5.13. The van der Waals surface area contributed by atoms with E-state index in [1.807, 2.05) is 0 Å². The first-order chi connectivity index (χ1) is 6.57. The Morgan fingerprint density at radius 3 is 2.64 bits per heavy atom. The molecule has 0 aromatic rings. The second-order valence-electron chi connectivity index (χ2n) is 5.31. The van der Waals surface area contributed by atoms with Crippen LogP contribution < -0.4 is 5.32 Å². The highest BCUT2D eigenvalue weighted by molar-refractivity contribution is 4.81. The maximum Gasteiger partial charge on any atom is 0.0192 e. The molecule has 0 radical (unpaired) electrons. The van der Waals surface area contributed by atoms with Gasteiger partial charge in [-0.05, 0) is 18.3 Å². The van der Waals surface area contributed by atoms with Crippen molar-refractivity contribution in [3.63, 3.8) is 0 Å². The molecule has 0 bridgehead atoms. The van der Waals surface area contributed by atoms with E-state index in [4.69, 9.17) is 0 Å². The third-order valence-corrected chi connectivity index (χ3v) is 3.44. The SMILES string of the molecule is CCC1CN(CC(C)(C)CC)CCN1. The van der Waals surface area contributed by atoms with Crippen molar-refractivity contribution in [2.75, 3.05) is 26.2 Å². The Morgan fingerprint density at radius 1 is 1.36 bits per heavy atom. The molecule has 1 unspecified atom stereocenters. The molecule has 1 atom stereocenters. The fourth-order valence-corrected chi connectivity index (χ4v) is 2.03. The lowest BCUT2D eigenvalue weighted by Gasteiger charge is -2.38. The highest BCUT2D eigenvalue weighted by atomic mass is 15.2. The summed E-state index contributed by atoms with van der Waals surface area (Å²) in [6.45, 7) is 14.2. The number of hydrogen-bond donors (Lipinski definition) is 1. The van der Waals surface area contributed by atoms with Crippen molar-refractivity contribution in [1.82, 2.24) is 10.2 Å². The van der Waals surface area contributed by atoms with Gasteiger partial charge < -0.3 is 5.32 Å². The third kappa shape index (κ3) is 3.58. The van der Waals surface area contributed by atoms with Crippen LogP contribution in [0.15, 0.2) is 0 Å². The minimum Gasteiger partial charge on any atom is -0.311 e. The molecule has 1 N–H and O–H groups in total. The monoisotopic (exact) mass is 198 g/mol. The normalized spacial score (nSPS) is 25.3. The number of piperazine rings is 1. The smallest absolute Gasteiger partial charge is 0.0192 e. The van der Waals surface area contributed by atoms with Gasteiger partial charge in [-0.1, -0.05) is 27.7 Å². The first-order valence-corrected chi connectivity index (χ1v) is 6.03. The van der Waals surface area contributed by atoms with E-state index < -0.39 is 0 Å². The molecule has 0 aliphatic carbocycles. The van der Waals surface area contributed by atoms with Crippen LogP contribution in [0.2, 0.25) is 0 Å². The van der Waals surface area contributed by atoms with Gasteiger partial charge in [0.2, 0.25) is 0 Å². The predicted molar refractivity (Wildman–Crippen MR) is 62.6 cm³/mol. The molecular weight excluding hydrogens is 172 g/mol. The Morgan fingerprint density at radius 2 is 2.07 bits per heavy atom. The van der Waals surface area contributed by atoms with Gasteiger partial charge >= 0.3 is 0 Å². The van der Waals surface area contributed by atoms with Crippen molar-refractivity contribution in [3.8, 4) is 0 Å². The highest BCUT2D eigenvalue weighted by Gasteiger charge is 2.23. The quantitative estimate of drug-likeness (QED) is 0.744. The zero-order chi connectivity index (χ0) is 10.6. The van der Waals surface area contributed by atoms with Gasteiger partial charge in [0, 0.05) is 32.2 Å². The minimum atomic E-state index is 0.482. The van der Waals surface area contributed by atoms with Gasteiger partial charge in [-0.25, -0.2) is 0 Å². The van der Waals surface area contributed by atoms with Crippen molar-refractivity contribution in [2.24, 2.45) is 5.41 Å². The van der Waals surface area contributed by atoms with Crippen molar-refractivity contribution < 1.29 is 0 Å². The molecule has 0 amide bonds. The van der Waals surface area contributed by atoms with Crippen molar-refractivity contribution in [1.29, 1.82) is 0 Å². The summed E-state index contributed by atoms with van der Waals surface area (Å²) in [5.41, 5.74) is 0.482. The molecule has 2 heteroatoms. The molecule has 1 aliphatic heterocycles. The summed E-state index contributed by atoms with van der Waals surface area (Å²) in [4.78, 5) is 2.62. The summed E-state index contributed by atoms with van der Waals surface area (Å²) >= 11 is 0. The predicted octanol–water partition coefficient (Wildman–Crippen LogP) is 2.11. The summed E-state index contributed by atoms with van der Waals surface area (Å²) in [7, 11) is 0. The van der Waals surface area contributed by atoms with E-state index in [2.05, 4.69) is 37.9 Å². The van der Waals surface area contributed by atoms with Gasteiger partial charge in [0.05, 0.1) is 0 Å². The lowest BCUT2D eigenvalue weighted by atomic mass is 9.89. The molecule has 1 rings (SSSR count). The number of nitrogens with zero attached hydrogens (tertiary/aromatic N) is 1. The van der Waals surface area contributed by atoms with Gasteiger partial charge in [-0.2, -0.15) is 0 Å². The standard InChI is InChI=1S/C12H26N2/c1-5-11-9-14(8-7-13-11)10-12(3,4)6-2/h11,13H,5-10H2,1-4H3. The van der Waals surface area contributed by atoms with Crippen LogP contribution in [0.4, 0.5) is 0 Å². The van der Waals surface area contributed by atoms with Crippen LogP contribution in [0.1, 0.15) is 40.5 Å². The molecule has 14 heavy (non-hydrogen) atoms. The molecule has 1 saturated heterocycles. The molecule has 84 valence electrons. The fraction of sp³-hybridized carbons (Fsp3) is 1.00. The fourth-order valence-electron chi connectivity index (χ4n) is 2.03. The zero-order valence-electron chi connectivity index (χ0n) is 10.3. The van der Waals surface area contributed by atoms with Gasteiger partial charge in [0.25, 0.3) is 0 Å². The maximum atomic E-state index is 3.56. The lowest BCUT2D eigenvalue weighted by Crippen LogP contribution is -2.52. The summed E-state index contributed by atoms with van der Waals surface area (Å²) in [6, 6.07) is 0.719. The Bertz CT molecular complexity index is 166. The van der Waals surface area contributed by atoms with E-state index in [9.17, 15) is 0 Å². The molecule has 0 aromatic heterocycles. The van der Waals surface area contributed by atoms with Gasteiger partial charge in [-0.3, -0.25) is 4.90 Å². The maximum absolute atomic E-state index is 3.56. The zero-order valence-corrected chi connectivity index (χ0v) is 10.3. The minimum absolute atomic E-state index is 0.482. The van der Waals surface area contributed by atoms with Crippen LogP contribution in [0, 0.1) is 5.41 Å². The number of hydrogen-bond acceptors (Lipinski definition) is 2. The molecular formula is C12H26N2. The largest absolute Gasteiger partial charge is 0.311 e. The van der Waals surface area contributed by atoms with Crippen LogP contribution in [0.3, 0.4) is 0 Å². The molecule has 0 aromatic carbocycles. The lowest BCUT2D eigenvalue weighted by molar-refractivity contribution is 0.133. The topological polar surface area (TPSA) is 15.3 Å². The first kappa shape index (κ1) is 12.0. The van der Waals surface area contributed by atoms with Crippen LogP contribution in [0.25, 0.3) is 0 Å². The third-order valence-electron chi connectivity index (χ3n) is 3.44. The summed E-state index contributed by atoms with van der Waals surface area (Å²) in [6.07, 6.45) is 2.52. The van der Waals surface area contributed by atoms with Crippen molar-refractivity contribution in [2.45, 2.75) is 46.6 Å². The molecule has 1 heterocycles. The van der Waals surface area contributed by atoms with Crippen LogP contribution >= 0.6 is 0 Å². The van der Waals surface area contributed by atoms with E-state index in [-0.39, 0.29) is 0 Å². The van der Waals surface area contributed by atoms with E-state index in [0.29, 0.717) is 5.41 Å². The van der Waals surface area contributed by atoms with Crippen molar-refractivity contribution >= 4 is 0 Å². The molecule has 1 fully saturated rings. The Hall–Kier alpha value is -0.0800. The van der Waals surface area contributed by atoms with E-state index in [1.54, 1.807) is 0 Å². The summed E-state index contributed by atoms with van der Waals surface area (Å²) < 4.78 is 0. The first-order valence-electron chi connectivity index (χ1n) is 6.03. The molecule has 0 spiro atoms. The van der Waals surface area contributed by atoms with Gasteiger partial charge in [0.15, 0.2) is 0 Å². The molecule has 0 saturated carbocycles. The van der Waals surface area contributed by atoms with E-state index in [0.717, 1.165) is 12.6 Å². The summed E-state index contributed by atoms with van der Waals surface area (Å²) in [5, 5.41) is 3.56. The van der Waals surface area contributed by atoms with Crippen LogP contribution in [-0.4, -0.2) is 37.1 Å². The average molecular weight is 198 g/mol. The Balaban J connectivity index is 2.37. The number of rotatable bonds is 4.